The Balaban J connectivity index is 1.90. The second-order valence-electron chi connectivity index (χ2n) is 4.00. The third kappa shape index (κ3) is 2.04. The topological polar surface area (TPSA) is 54.5 Å². The Morgan fingerprint density at radius 2 is 2.06 bits per heavy atom. The number of nitrogens with one attached hydrogen (secondary N) is 1. The van der Waals surface area contributed by atoms with Gasteiger partial charge in [-0.2, -0.15) is 0 Å². The van der Waals surface area contributed by atoms with Gasteiger partial charge in [0.1, 0.15) is 10.8 Å². The summed E-state index contributed by atoms with van der Waals surface area (Å²) in [7, 11) is 0. The zero-order valence-corrected chi connectivity index (χ0v) is 10.7. The number of hydrogen-bond acceptors (Lipinski definition) is 4. The Morgan fingerprint density at radius 3 is 2.78 bits per heavy atom. The molecule has 0 aliphatic heterocycles. The lowest BCUT2D eigenvalue weighted by atomic mass is 10.2. The standard InChI is InChI=1S/C13H12N4S/c1-9(12-15-6-7-16-12)13-17-11(8-18-13)10-2-4-14-5-3-10/h2-9H,1H3,(H,15,16). The molecule has 5 heteroatoms. The lowest BCUT2D eigenvalue weighted by molar-refractivity contribution is 0.830. The van der Waals surface area contributed by atoms with Gasteiger partial charge >= 0.3 is 0 Å². The minimum atomic E-state index is 0.195. The second-order valence-corrected chi connectivity index (χ2v) is 4.89. The third-order valence-electron chi connectivity index (χ3n) is 2.80. The summed E-state index contributed by atoms with van der Waals surface area (Å²) in [6.45, 7) is 2.11. The van der Waals surface area contributed by atoms with Gasteiger partial charge in [-0.25, -0.2) is 9.97 Å². The average Bonchev–Trinajstić information content (AvgIpc) is 3.10. The van der Waals surface area contributed by atoms with Gasteiger partial charge in [-0.3, -0.25) is 4.98 Å². The zero-order valence-electron chi connectivity index (χ0n) is 9.87. The molecule has 1 atom stereocenters. The fraction of sp³-hybridized carbons (Fsp3) is 0.154. The monoisotopic (exact) mass is 256 g/mol. The van der Waals surface area contributed by atoms with E-state index in [0.29, 0.717) is 0 Å². The Kier molecular flexibility index (Phi) is 2.90. The minimum absolute atomic E-state index is 0.195. The molecule has 0 aromatic carbocycles. The molecule has 0 amide bonds. The first-order valence-electron chi connectivity index (χ1n) is 5.69. The molecule has 18 heavy (non-hydrogen) atoms. The van der Waals surface area contributed by atoms with Gasteiger partial charge < -0.3 is 4.98 Å². The van der Waals surface area contributed by atoms with Crippen LogP contribution in [0.5, 0.6) is 0 Å². The summed E-state index contributed by atoms with van der Waals surface area (Å²) in [5.74, 6) is 1.14. The van der Waals surface area contributed by atoms with E-state index in [9.17, 15) is 0 Å². The number of rotatable bonds is 3. The molecule has 0 aliphatic rings. The molecule has 4 nitrogen and oxygen atoms in total. The minimum Gasteiger partial charge on any atom is -0.348 e. The highest BCUT2D eigenvalue weighted by Crippen LogP contribution is 2.28. The summed E-state index contributed by atoms with van der Waals surface area (Å²) >= 11 is 1.66. The Morgan fingerprint density at radius 1 is 1.22 bits per heavy atom. The summed E-state index contributed by atoms with van der Waals surface area (Å²) in [6, 6.07) is 3.94. The Bertz CT molecular complexity index is 616. The number of nitrogens with zero attached hydrogens (tertiary/aromatic N) is 3. The van der Waals surface area contributed by atoms with Gasteiger partial charge in [-0.1, -0.05) is 0 Å². The molecule has 0 saturated heterocycles. The highest BCUT2D eigenvalue weighted by Gasteiger charge is 2.15. The van der Waals surface area contributed by atoms with Crippen molar-refractivity contribution in [3.63, 3.8) is 0 Å². The van der Waals surface area contributed by atoms with Crippen molar-refractivity contribution in [1.29, 1.82) is 0 Å². The molecule has 1 unspecified atom stereocenters. The second kappa shape index (κ2) is 4.70. The largest absolute Gasteiger partial charge is 0.348 e. The molecule has 0 bridgehead atoms. The molecule has 90 valence electrons. The maximum absolute atomic E-state index is 4.67. The van der Waals surface area contributed by atoms with Crippen molar-refractivity contribution in [3.8, 4) is 11.3 Å². The van der Waals surface area contributed by atoms with Crippen LogP contribution in [0.2, 0.25) is 0 Å². The van der Waals surface area contributed by atoms with E-state index in [4.69, 9.17) is 0 Å². The van der Waals surface area contributed by atoms with Crippen LogP contribution in [0, 0.1) is 0 Å². The summed E-state index contributed by atoms with van der Waals surface area (Å²) < 4.78 is 0. The highest BCUT2D eigenvalue weighted by molar-refractivity contribution is 7.10. The molecule has 3 heterocycles. The summed E-state index contributed by atoms with van der Waals surface area (Å²) in [6.07, 6.45) is 7.17. The first-order valence-corrected chi connectivity index (χ1v) is 6.57. The number of aromatic amines is 1. The third-order valence-corrected chi connectivity index (χ3v) is 3.83. The highest BCUT2D eigenvalue weighted by atomic mass is 32.1. The van der Waals surface area contributed by atoms with E-state index in [0.717, 1.165) is 22.1 Å². The number of aromatic nitrogens is 4. The van der Waals surface area contributed by atoms with Gasteiger partial charge in [-0.15, -0.1) is 11.3 Å². The fourth-order valence-corrected chi connectivity index (χ4v) is 2.66. The Labute approximate surface area is 109 Å². The predicted octanol–water partition coefficient (Wildman–Crippen LogP) is 3.08. The normalized spacial score (nSPS) is 12.5. The van der Waals surface area contributed by atoms with Crippen LogP contribution in [-0.2, 0) is 0 Å². The van der Waals surface area contributed by atoms with Crippen LogP contribution in [0.15, 0.2) is 42.3 Å². The van der Waals surface area contributed by atoms with Crippen molar-refractivity contribution in [1.82, 2.24) is 19.9 Å². The van der Waals surface area contributed by atoms with E-state index in [1.165, 1.54) is 0 Å². The van der Waals surface area contributed by atoms with Gasteiger partial charge in [0.15, 0.2) is 0 Å². The zero-order chi connectivity index (χ0) is 12.4. The van der Waals surface area contributed by atoms with Crippen molar-refractivity contribution >= 4 is 11.3 Å². The molecule has 0 saturated carbocycles. The van der Waals surface area contributed by atoms with Crippen molar-refractivity contribution in [3.05, 3.63) is 53.1 Å². The van der Waals surface area contributed by atoms with E-state index in [2.05, 4.69) is 32.2 Å². The molecule has 0 spiro atoms. The lowest BCUT2D eigenvalue weighted by Crippen LogP contribution is -1.97. The average molecular weight is 256 g/mol. The van der Waals surface area contributed by atoms with Crippen LogP contribution >= 0.6 is 11.3 Å². The van der Waals surface area contributed by atoms with E-state index in [-0.39, 0.29) is 5.92 Å². The molecule has 0 aliphatic carbocycles. The van der Waals surface area contributed by atoms with Gasteiger partial charge in [0, 0.05) is 35.7 Å². The van der Waals surface area contributed by atoms with E-state index >= 15 is 0 Å². The maximum atomic E-state index is 4.67. The molecule has 1 N–H and O–H groups in total. The number of imidazole rings is 1. The Hall–Kier alpha value is -2.01. The van der Waals surface area contributed by atoms with E-state index < -0.39 is 0 Å². The number of H-pyrrole nitrogens is 1. The van der Waals surface area contributed by atoms with Crippen molar-refractivity contribution in [2.75, 3.05) is 0 Å². The molecule has 3 aromatic rings. The van der Waals surface area contributed by atoms with E-state index in [1.54, 1.807) is 29.9 Å². The van der Waals surface area contributed by atoms with Crippen LogP contribution < -0.4 is 0 Å². The number of hydrogen-bond donors (Lipinski definition) is 1. The van der Waals surface area contributed by atoms with Crippen molar-refractivity contribution in [2.24, 2.45) is 0 Å². The lowest BCUT2D eigenvalue weighted by Gasteiger charge is -2.03. The van der Waals surface area contributed by atoms with Crippen molar-refractivity contribution < 1.29 is 0 Å². The van der Waals surface area contributed by atoms with Gasteiger partial charge in [0.05, 0.1) is 11.6 Å². The maximum Gasteiger partial charge on any atom is 0.115 e. The molecular formula is C13H12N4S. The fourth-order valence-electron chi connectivity index (χ4n) is 1.77. The van der Waals surface area contributed by atoms with Gasteiger partial charge in [0.25, 0.3) is 0 Å². The molecule has 0 radical (unpaired) electrons. The SMILES string of the molecule is CC(c1ncc[nH]1)c1nc(-c2ccncc2)cs1. The summed E-state index contributed by atoms with van der Waals surface area (Å²) in [4.78, 5) is 16.1. The first kappa shape index (κ1) is 11.1. The van der Waals surface area contributed by atoms with Crippen LogP contribution in [0.4, 0.5) is 0 Å². The summed E-state index contributed by atoms with van der Waals surface area (Å²) in [5, 5.41) is 3.14. The molecule has 3 aromatic heterocycles. The van der Waals surface area contributed by atoms with Crippen LogP contribution in [0.1, 0.15) is 23.7 Å². The number of thiazole rings is 1. The smallest absolute Gasteiger partial charge is 0.115 e. The molecular weight excluding hydrogens is 244 g/mol. The van der Waals surface area contributed by atoms with E-state index in [1.807, 2.05) is 18.3 Å². The van der Waals surface area contributed by atoms with Gasteiger partial charge in [0.2, 0.25) is 0 Å². The van der Waals surface area contributed by atoms with Crippen LogP contribution in [0.3, 0.4) is 0 Å². The van der Waals surface area contributed by atoms with Crippen molar-refractivity contribution in [2.45, 2.75) is 12.8 Å². The quantitative estimate of drug-likeness (QED) is 0.783. The number of pyridine rings is 1. The first-order chi connectivity index (χ1) is 8.84. The van der Waals surface area contributed by atoms with Gasteiger partial charge in [-0.05, 0) is 19.1 Å². The van der Waals surface area contributed by atoms with Crippen LogP contribution in [-0.4, -0.2) is 19.9 Å². The summed E-state index contributed by atoms with van der Waals surface area (Å²) in [5.41, 5.74) is 2.09. The van der Waals surface area contributed by atoms with Crippen LogP contribution in [0.25, 0.3) is 11.3 Å². The molecule has 3 rings (SSSR count). The predicted molar refractivity (Wildman–Crippen MR) is 71.4 cm³/mol. The molecule has 0 fully saturated rings.